The van der Waals surface area contributed by atoms with E-state index >= 15 is 0 Å². The Morgan fingerprint density at radius 1 is 1.23 bits per heavy atom. The molecule has 0 aliphatic carbocycles. The van der Waals surface area contributed by atoms with Crippen molar-refractivity contribution in [2.75, 3.05) is 14.2 Å². The van der Waals surface area contributed by atoms with E-state index in [1.807, 2.05) is 31.2 Å². The molecule has 2 rings (SSSR count). The second-order valence-corrected chi connectivity index (χ2v) is 5.02. The lowest BCUT2D eigenvalue weighted by atomic mass is 9.95. The van der Waals surface area contributed by atoms with E-state index < -0.39 is 5.97 Å². The zero-order valence-electron chi connectivity index (χ0n) is 13.1. The van der Waals surface area contributed by atoms with Crippen LogP contribution in [0.5, 0.6) is 11.5 Å². The molecule has 0 bridgehead atoms. The topological polar surface area (TPSA) is 68.7 Å². The third-order valence-corrected chi connectivity index (χ3v) is 3.65. The summed E-state index contributed by atoms with van der Waals surface area (Å²) in [6, 6.07) is 9.22. The van der Waals surface area contributed by atoms with Crippen molar-refractivity contribution in [3.8, 4) is 11.5 Å². The van der Waals surface area contributed by atoms with Crippen molar-refractivity contribution in [2.45, 2.75) is 19.8 Å². The lowest BCUT2D eigenvalue weighted by Crippen LogP contribution is -2.08. The van der Waals surface area contributed by atoms with Crippen LogP contribution in [0.2, 0.25) is 0 Å². The lowest BCUT2D eigenvalue weighted by Gasteiger charge is -2.15. The summed E-state index contributed by atoms with van der Waals surface area (Å²) in [6.45, 7) is 3.65. The predicted molar refractivity (Wildman–Crippen MR) is 82.5 cm³/mol. The van der Waals surface area contributed by atoms with Crippen molar-refractivity contribution in [1.29, 1.82) is 0 Å². The van der Waals surface area contributed by atoms with Crippen molar-refractivity contribution < 1.29 is 19.4 Å². The molecular weight excluding hydrogens is 282 g/mol. The van der Waals surface area contributed by atoms with Crippen molar-refractivity contribution in [2.24, 2.45) is 0 Å². The molecule has 5 heteroatoms. The van der Waals surface area contributed by atoms with Crippen LogP contribution in [0.25, 0.3) is 0 Å². The summed E-state index contributed by atoms with van der Waals surface area (Å²) < 4.78 is 9.84. The molecule has 0 saturated carbocycles. The average molecular weight is 301 g/mol. The Balaban J connectivity index is 2.42. The Labute approximate surface area is 129 Å². The first kappa shape index (κ1) is 15.8. The standard InChI is InChI=1S/C17H19NO4/c1-10(12-5-7-13(21-3)8-6-12)15-9-14(17(20)22-4)16(19)11(2)18-15/h5-10,19H,1-4H3. The molecule has 0 fully saturated rings. The fraction of sp³-hybridized carbons (Fsp3) is 0.294. The molecule has 1 N–H and O–H groups in total. The second kappa shape index (κ2) is 6.47. The van der Waals surface area contributed by atoms with Crippen LogP contribution in [0.1, 0.15) is 40.2 Å². The Hall–Kier alpha value is -2.56. The fourth-order valence-electron chi connectivity index (χ4n) is 2.24. The van der Waals surface area contributed by atoms with Crippen LogP contribution < -0.4 is 4.74 Å². The predicted octanol–water partition coefficient (Wildman–Crippen LogP) is 3.04. The minimum Gasteiger partial charge on any atom is -0.505 e. The van der Waals surface area contributed by atoms with Crippen molar-refractivity contribution in [3.63, 3.8) is 0 Å². The van der Waals surface area contributed by atoms with Gasteiger partial charge in [0, 0.05) is 11.6 Å². The van der Waals surface area contributed by atoms with Gasteiger partial charge in [-0.05, 0) is 30.7 Å². The smallest absolute Gasteiger partial charge is 0.341 e. The quantitative estimate of drug-likeness (QED) is 0.879. The molecule has 0 amide bonds. The normalized spacial score (nSPS) is 11.8. The summed E-state index contributed by atoms with van der Waals surface area (Å²) in [5, 5.41) is 9.96. The Kier molecular flexibility index (Phi) is 4.65. The number of aryl methyl sites for hydroxylation is 1. The van der Waals surface area contributed by atoms with Gasteiger partial charge >= 0.3 is 5.97 Å². The number of aromatic hydroxyl groups is 1. The number of rotatable bonds is 4. The molecule has 1 atom stereocenters. The summed E-state index contributed by atoms with van der Waals surface area (Å²) in [5.74, 6) is 0.0263. The van der Waals surface area contributed by atoms with Gasteiger partial charge in [0.05, 0.1) is 19.9 Å². The number of hydrogen-bond donors (Lipinski definition) is 1. The van der Waals surface area contributed by atoms with E-state index in [1.54, 1.807) is 20.1 Å². The number of carbonyl (C=O) groups is 1. The van der Waals surface area contributed by atoms with Crippen LogP contribution in [0.4, 0.5) is 0 Å². The van der Waals surface area contributed by atoms with Gasteiger partial charge in [-0.15, -0.1) is 0 Å². The van der Waals surface area contributed by atoms with Crippen LogP contribution in [-0.2, 0) is 4.74 Å². The molecule has 1 aromatic carbocycles. The van der Waals surface area contributed by atoms with Gasteiger partial charge in [0.25, 0.3) is 0 Å². The van der Waals surface area contributed by atoms with Gasteiger partial charge in [0.15, 0.2) is 5.75 Å². The molecule has 5 nitrogen and oxygen atoms in total. The van der Waals surface area contributed by atoms with E-state index in [9.17, 15) is 9.90 Å². The highest BCUT2D eigenvalue weighted by molar-refractivity contribution is 5.92. The molecule has 1 unspecified atom stereocenters. The number of nitrogens with zero attached hydrogens (tertiary/aromatic N) is 1. The van der Waals surface area contributed by atoms with E-state index in [-0.39, 0.29) is 17.2 Å². The van der Waals surface area contributed by atoms with Gasteiger partial charge < -0.3 is 14.6 Å². The summed E-state index contributed by atoms with van der Waals surface area (Å²) >= 11 is 0. The molecular formula is C17H19NO4. The van der Waals surface area contributed by atoms with Crippen LogP contribution in [0, 0.1) is 6.92 Å². The molecule has 0 spiro atoms. The number of esters is 1. The summed E-state index contributed by atoms with van der Waals surface area (Å²) in [7, 11) is 2.90. The zero-order valence-corrected chi connectivity index (χ0v) is 13.1. The van der Waals surface area contributed by atoms with Crippen molar-refractivity contribution in [1.82, 2.24) is 4.98 Å². The largest absolute Gasteiger partial charge is 0.505 e. The molecule has 0 radical (unpaired) electrons. The van der Waals surface area contributed by atoms with Gasteiger partial charge in [-0.3, -0.25) is 4.98 Å². The maximum Gasteiger partial charge on any atom is 0.341 e. The summed E-state index contributed by atoms with van der Waals surface area (Å²) in [5.41, 5.74) is 2.26. The third-order valence-electron chi connectivity index (χ3n) is 3.65. The van der Waals surface area contributed by atoms with Crippen LogP contribution in [-0.4, -0.2) is 30.3 Å². The highest BCUT2D eigenvalue weighted by atomic mass is 16.5. The van der Waals surface area contributed by atoms with E-state index in [1.165, 1.54) is 7.11 Å². The minimum absolute atomic E-state index is 0.0337. The SMILES string of the molecule is COC(=O)c1cc(C(C)c2ccc(OC)cc2)nc(C)c1O. The van der Waals surface area contributed by atoms with E-state index in [4.69, 9.17) is 9.47 Å². The highest BCUT2D eigenvalue weighted by Gasteiger charge is 2.19. The first-order valence-corrected chi connectivity index (χ1v) is 6.90. The van der Waals surface area contributed by atoms with Crippen molar-refractivity contribution in [3.05, 3.63) is 52.8 Å². The molecule has 1 aromatic heterocycles. The molecule has 2 aromatic rings. The number of hydrogen-bond acceptors (Lipinski definition) is 5. The molecule has 22 heavy (non-hydrogen) atoms. The molecule has 0 aliphatic heterocycles. The van der Waals surface area contributed by atoms with Gasteiger partial charge in [-0.1, -0.05) is 19.1 Å². The second-order valence-electron chi connectivity index (χ2n) is 5.02. The highest BCUT2D eigenvalue weighted by Crippen LogP contribution is 2.29. The monoisotopic (exact) mass is 301 g/mol. The third kappa shape index (κ3) is 3.03. The average Bonchev–Trinajstić information content (AvgIpc) is 2.55. The number of benzene rings is 1. The molecule has 0 aliphatic rings. The first-order chi connectivity index (χ1) is 10.5. The lowest BCUT2D eigenvalue weighted by molar-refractivity contribution is 0.0597. The summed E-state index contributed by atoms with van der Waals surface area (Å²) in [6.07, 6.45) is 0. The van der Waals surface area contributed by atoms with E-state index in [0.29, 0.717) is 11.4 Å². The first-order valence-electron chi connectivity index (χ1n) is 6.90. The molecule has 116 valence electrons. The number of aromatic nitrogens is 1. The van der Waals surface area contributed by atoms with Crippen LogP contribution in [0.15, 0.2) is 30.3 Å². The number of methoxy groups -OCH3 is 2. The van der Waals surface area contributed by atoms with Crippen molar-refractivity contribution >= 4 is 5.97 Å². The number of ether oxygens (including phenoxy) is 2. The van der Waals surface area contributed by atoms with E-state index in [0.717, 1.165) is 11.3 Å². The van der Waals surface area contributed by atoms with Crippen LogP contribution >= 0.6 is 0 Å². The zero-order chi connectivity index (χ0) is 16.3. The Morgan fingerprint density at radius 2 is 1.86 bits per heavy atom. The number of pyridine rings is 1. The fourth-order valence-corrected chi connectivity index (χ4v) is 2.24. The maximum atomic E-state index is 11.8. The van der Waals surface area contributed by atoms with Crippen LogP contribution in [0.3, 0.4) is 0 Å². The van der Waals surface area contributed by atoms with Gasteiger partial charge in [-0.2, -0.15) is 0 Å². The Morgan fingerprint density at radius 3 is 2.41 bits per heavy atom. The molecule has 0 saturated heterocycles. The van der Waals surface area contributed by atoms with Gasteiger partial charge in [0.2, 0.25) is 0 Å². The van der Waals surface area contributed by atoms with Gasteiger partial charge in [0.1, 0.15) is 11.3 Å². The van der Waals surface area contributed by atoms with Gasteiger partial charge in [-0.25, -0.2) is 4.79 Å². The number of carbonyl (C=O) groups excluding carboxylic acids is 1. The van der Waals surface area contributed by atoms with E-state index in [2.05, 4.69) is 4.98 Å². The minimum atomic E-state index is -0.578. The molecule has 1 heterocycles. The maximum absolute atomic E-state index is 11.8. The Bertz CT molecular complexity index is 680. The summed E-state index contributed by atoms with van der Waals surface area (Å²) in [4.78, 5) is 16.1.